The Balaban J connectivity index is 1.97. The number of rotatable bonds is 4. The molecule has 2 rings (SSSR count). The maximum absolute atomic E-state index is 11.8. The minimum atomic E-state index is -0.298. The van der Waals surface area contributed by atoms with E-state index in [1.54, 1.807) is 17.9 Å². The molecule has 8 nitrogen and oxygen atoms in total. The van der Waals surface area contributed by atoms with Crippen molar-refractivity contribution in [1.82, 2.24) is 30.0 Å². The lowest BCUT2D eigenvalue weighted by Gasteiger charge is -2.04. The van der Waals surface area contributed by atoms with Crippen molar-refractivity contribution in [3.63, 3.8) is 0 Å². The highest BCUT2D eigenvalue weighted by Crippen LogP contribution is 2.00. The quantitative estimate of drug-likeness (QED) is 0.761. The number of nitrogens with one attached hydrogen (secondary N) is 2. The molecule has 0 bridgehead atoms. The van der Waals surface area contributed by atoms with Gasteiger partial charge in [0.15, 0.2) is 5.82 Å². The van der Waals surface area contributed by atoms with Gasteiger partial charge >= 0.3 is 0 Å². The molecule has 18 heavy (non-hydrogen) atoms. The normalized spacial score (nSPS) is 10.1. The van der Waals surface area contributed by atoms with Crippen molar-refractivity contribution in [3.05, 3.63) is 30.2 Å². The summed E-state index contributed by atoms with van der Waals surface area (Å²) in [4.78, 5) is 19.8. The van der Waals surface area contributed by atoms with Crippen molar-refractivity contribution >= 4 is 11.7 Å². The fourth-order valence-corrected chi connectivity index (χ4v) is 1.29. The average Bonchev–Trinajstić information content (AvgIpc) is 2.81. The molecule has 94 valence electrons. The zero-order chi connectivity index (χ0) is 13.0. The smallest absolute Gasteiger partial charge is 0.271 e. The van der Waals surface area contributed by atoms with E-state index in [0.29, 0.717) is 18.2 Å². The second-order valence-corrected chi connectivity index (χ2v) is 3.58. The fourth-order valence-electron chi connectivity index (χ4n) is 1.29. The monoisotopic (exact) mass is 247 g/mol. The Morgan fingerprint density at radius 1 is 1.39 bits per heavy atom. The van der Waals surface area contributed by atoms with Crippen molar-refractivity contribution < 1.29 is 4.79 Å². The molecular weight excluding hydrogens is 234 g/mol. The van der Waals surface area contributed by atoms with E-state index in [9.17, 15) is 4.79 Å². The van der Waals surface area contributed by atoms with Crippen LogP contribution < -0.4 is 10.6 Å². The Kier molecular flexibility index (Phi) is 3.46. The SMILES string of the molecule is CNc1cnc(C(=O)NCc2nncn2C)cn1. The lowest BCUT2D eigenvalue weighted by molar-refractivity contribution is 0.0944. The van der Waals surface area contributed by atoms with Crippen LogP contribution in [0.3, 0.4) is 0 Å². The number of carbonyl (C=O) groups excluding carboxylic acids is 1. The summed E-state index contributed by atoms with van der Waals surface area (Å²) in [6.45, 7) is 0.296. The van der Waals surface area contributed by atoms with Gasteiger partial charge in [0.05, 0.1) is 18.9 Å². The van der Waals surface area contributed by atoms with Gasteiger partial charge in [-0.15, -0.1) is 10.2 Å². The second kappa shape index (κ2) is 5.21. The Bertz CT molecular complexity index is 533. The fraction of sp³-hybridized carbons (Fsp3) is 0.300. The summed E-state index contributed by atoms with van der Waals surface area (Å²) < 4.78 is 1.73. The molecule has 8 heteroatoms. The lowest BCUT2D eigenvalue weighted by Crippen LogP contribution is -2.25. The largest absolute Gasteiger partial charge is 0.372 e. The van der Waals surface area contributed by atoms with Gasteiger partial charge in [0.25, 0.3) is 5.91 Å². The molecule has 0 saturated heterocycles. The molecule has 0 aliphatic carbocycles. The van der Waals surface area contributed by atoms with Crippen LogP contribution in [-0.4, -0.2) is 37.7 Å². The number of hydrogen-bond donors (Lipinski definition) is 2. The summed E-state index contributed by atoms with van der Waals surface area (Å²) in [7, 11) is 3.54. The number of nitrogens with zero attached hydrogens (tertiary/aromatic N) is 5. The second-order valence-electron chi connectivity index (χ2n) is 3.58. The lowest BCUT2D eigenvalue weighted by atomic mass is 10.4. The van der Waals surface area contributed by atoms with Crippen molar-refractivity contribution in [2.24, 2.45) is 7.05 Å². The van der Waals surface area contributed by atoms with E-state index in [-0.39, 0.29) is 11.6 Å². The van der Waals surface area contributed by atoms with Gasteiger partial charge in [0.2, 0.25) is 0 Å². The number of aryl methyl sites for hydroxylation is 1. The van der Waals surface area contributed by atoms with Crippen LogP contribution in [0.15, 0.2) is 18.7 Å². The van der Waals surface area contributed by atoms with E-state index in [2.05, 4.69) is 30.8 Å². The number of amides is 1. The minimum absolute atomic E-state index is 0.260. The van der Waals surface area contributed by atoms with Crippen molar-refractivity contribution in [2.75, 3.05) is 12.4 Å². The van der Waals surface area contributed by atoms with Gasteiger partial charge in [-0.2, -0.15) is 0 Å². The Hall–Kier alpha value is -2.51. The van der Waals surface area contributed by atoms with Gasteiger partial charge in [-0.1, -0.05) is 0 Å². The summed E-state index contributed by atoms with van der Waals surface area (Å²) >= 11 is 0. The molecule has 0 fully saturated rings. The molecule has 0 spiro atoms. The van der Waals surface area contributed by atoms with E-state index in [0.717, 1.165) is 0 Å². The third-order valence-electron chi connectivity index (χ3n) is 2.35. The van der Waals surface area contributed by atoms with Crippen LogP contribution in [0, 0.1) is 0 Å². The number of hydrogen-bond acceptors (Lipinski definition) is 6. The first-order chi connectivity index (χ1) is 8.70. The number of carbonyl (C=O) groups is 1. The third kappa shape index (κ3) is 2.59. The van der Waals surface area contributed by atoms with Crippen molar-refractivity contribution in [3.8, 4) is 0 Å². The molecule has 2 N–H and O–H groups in total. The van der Waals surface area contributed by atoms with Gasteiger partial charge < -0.3 is 15.2 Å². The number of anilines is 1. The first kappa shape index (κ1) is 12.0. The summed E-state index contributed by atoms with van der Waals surface area (Å²) in [6, 6.07) is 0. The molecule has 1 amide bonds. The molecule has 0 atom stereocenters. The van der Waals surface area contributed by atoms with E-state index in [1.165, 1.54) is 12.4 Å². The van der Waals surface area contributed by atoms with Crippen LogP contribution in [-0.2, 0) is 13.6 Å². The van der Waals surface area contributed by atoms with E-state index < -0.39 is 0 Å². The molecule has 0 aliphatic rings. The van der Waals surface area contributed by atoms with Crippen LogP contribution in [0.25, 0.3) is 0 Å². The number of aromatic nitrogens is 5. The standard InChI is InChI=1S/C10H13N7O/c1-11-8-4-12-7(3-13-8)10(18)14-5-9-16-15-6-17(9)2/h3-4,6H,5H2,1-2H3,(H,11,13)(H,14,18). The third-order valence-corrected chi connectivity index (χ3v) is 2.35. The molecule has 2 aromatic rings. The van der Waals surface area contributed by atoms with Crippen LogP contribution in [0.1, 0.15) is 16.3 Å². The first-order valence-electron chi connectivity index (χ1n) is 5.31. The summed E-state index contributed by atoms with van der Waals surface area (Å²) in [6.07, 6.45) is 4.48. The topological polar surface area (TPSA) is 97.6 Å². The van der Waals surface area contributed by atoms with Gasteiger partial charge in [-0.25, -0.2) is 9.97 Å². The highest BCUT2D eigenvalue weighted by molar-refractivity contribution is 5.91. The van der Waals surface area contributed by atoms with E-state index in [4.69, 9.17) is 0 Å². The van der Waals surface area contributed by atoms with Gasteiger partial charge in [0.1, 0.15) is 17.8 Å². The molecule has 2 heterocycles. The molecule has 0 aromatic carbocycles. The maximum Gasteiger partial charge on any atom is 0.271 e. The summed E-state index contributed by atoms with van der Waals surface area (Å²) in [5, 5.41) is 13.1. The van der Waals surface area contributed by atoms with E-state index >= 15 is 0 Å². The first-order valence-corrected chi connectivity index (χ1v) is 5.31. The molecule has 0 aliphatic heterocycles. The summed E-state index contributed by atoms with van der Waals surface area (Å²) in [5.41, 5.74) is 0.260. The van der Waals surface area contributed by atoms with Gasteiger partial charge in [-0.3, -0.25) is 4.79 Å². The van der Waals surface area contributed by atoms with Crippen molar-refractivity contribution in [1.29, 1.82) is 0 Å². The van der Waals surface area contributed by atoms with Crippen LogP contribution in [0.4, 0.5) is 5.82 Å². The molecule has 0 saturated carbocycles. The molecule has 0 unspecified atom stereocenters. The molecular formula is C10H13N7O. The molecule has 2 aromatic heterocycles. The predicted octanol–water partition coefficient (Wildman–Crippen LogP) is -0.423. The van der Waals surface area contributed by atoms with Gasteiger partial charge in [-0.05, 0) is 0 Å². The Morgan fingerprint density at radius 2 is 2.22 bits per heavy atom. The van der Waals surface area contributed by atoms with Crippen LogP contribution >= 0.6 is 0 Å². The zero-order valence-electron chi connectivity index (χ0n) is 10.1. The molecule has 0 radical (unpaired) electrons. The minimum Gasteiger partial charge on any atom is -0.372 e. The highest BCUT2D eigenvalue weighted by Gasteiger charge is 2.09. The zero-order valence-corrected chi connectivity index (χ0v) is 10.1. The maximum atomic E-state index is 11.8. The Labute approximate surface area is 103 Å². The highest BCUT2D eigenvalue weighted by atomic mass is 16.1. The van der Waals surface area contributed by atoms with Gasteiger partial charge in [0, 0.05) is 14.1 Å². The van der Waals surface area contributed by atoms with Crippen LogP contribution in [0.2, 0.25) is 0 Å². The predicted molar refractivity (Wildman–Crippen MR) is 63.8 cm³/mol. The van der Waals surface area contributed by atoms with Crippen LogP contribution in [0.5, 0.6) is 0 Å². The van der Waals surface area contributed by atoms with Crippen molar-refractivity contribution in [2.45, 2.75) is 6.54 Å². The average molecular weight is 247 g/mol. The summed E-state index contributed by atoms with van der Waals surface area (Å²) in [5.74, 6) is 0.983. The Morgan fingerprint density at radius 3 is 2.78 bits per heavy atom. The van der Waals surface area contributed by atoms with E-state index in [1.807, 2.05) is 7.05 Å².